The number of aliphatic hydroxyl groups is 1. The summed E-state index contributed by atoms with van der Waals surface area (Å²) in [4.78, 5) is 0. The summed E-state index contributed by atoms with van der Waals surface area (Å²) >= 11 is 0. The summed E-state index contributed by atoms with van der Waals surface area (Å²) in [7, 11) is 0. The number of nitrogens with zero attached hydrogens (tertiary/aromatic N) is 1. The first-order chi connectivity index (χ1) is 7.48. The molecule has 0 unspecified atom stereocenters. The molecular formula is C12H17N3O. The first kappa shape index (κ1) is 12.3. The Morgan fingerprint density at radius 3 is 2.75 bits per heavy atom. The molecule has 0 aliphatic carbocycles. The van der Waals surface area contributed by atoms with Crippen LogP contribution in [0.3, 0.4) is 0 Å². The second kappa shape index (κ2) is 4.86. The third-order valence-corrected chi connectivity index (χ3v) is 2.29. The van der Waals surface area contributed by atoms with Crippen LogP contribution in [0.4, 0.5) is 11.4 Å². The number of nitrogens with two attached hydrogens (primary N) is 1. The molecule has 1 aromatic rings. The zero-order valence-corrected chi connectivity index (χ0v) is 9.62. The van der Waals surface area contributed by atoms with Gasteiger partial charge in [0.2, 0.25) is 0 Å². The van der Waals surface area contributed by atoms with Crippen molar-refractivity contribution >= 4 is 11.4 Å². The highest BCUT2D eigenvalue weighted by Crippen LogP contribution is 2.21. The predicted octanol–water partition coefficient (Wildman–Crippen LogP) is 1.52. The van der Waals surface area contributed by atoms with Crippen molar-refractivity contribution in [1.29, 1.82) is 5.26 Å². The van der Waals surface area contributed by atoms with E-state index in [1.165, 1.54) is 0 Å². The van der Waals surface area contributed by atoms with E-state index in [2.05, 4.69) is 11.4 Å². The Balaban J connectivity index is 2.91. The fraction of sp³-hybridized carbons (Fsp3) is 0.417. The number of hydrogen-bond acceptors (Lipinski definition) is 4. The molecule has 0 aliphatic rings. The molecule has 86 valence electrons. The predicted molar refractivity (Wildman–Crippen MR) is 65.0 cm³/mol. The molecule has 1 rings (SSSR count). The highest BCUT2D eigenvalue weighted by atomic mass is 16.3. The Kier molecular flexibility index (Phi) is 3.75. The van der Waals surface area contributed by atoms with Crippen molar-refractivity contribution in [2.45, 2.75) is 25.8 Å². The van der Waals surface area contributed by atoms with Gasteiger partial charge < -0.3 is 16.2 Å². The van der Waals surface area contributed by atoms with E-state index in [4.69, 9.17) is 16.1 Å². The molecule has 0 fully saturated rings. The molecule has 16 heavy (non-hydrogen) atoms. The maximum atomic E-state index is 9.14. The summed E-state index contributed by atoms with van der Waals surface area (Å²) in [6, 6.07) is 7.52. The number of nitrogens with one attached hydrogen (secondary N) is 1. The number of rotatable bonds is 4. The van der Waals surface area contributed by atoms with E-state index in [1.807, 2.05) is 26.0 Å². The van der Waals surface area contributed by atoms with E-state index in [9.17, 15) is 0 Å². The van der Waals surface area contributed by atoms with Crippen LogP contribution in [-0.2, 0) is 6.42 Å². The number of aliphatic hydroxyl groups excluding tert-OH is 1. The monoisotopic (exact) mass is 219 g/mol. The minimum atomic E-state index is -0.389. The lowest BCUT2D eigenvalue weighted by atomic mass is 10.0. The second-order valence-electron chi connectivity index (χ2n) is 4.42. The molecule has 0 saturated carbocycles. The third kappa shape index (κ3) is 3.14. The van der Waals surface area contributed by atoms with Gasteiger partial charge in [0.05, 0.1) is 24.6 Å². The normalized spacial score (nSPS) is 10.9. The molecule has 0 atom stereocenters. The minimum absolute atomic E-state index is 0.0327. The molecule has 4 heteroatoms. The van der Waals surface area contributed by atoms with E-state index in [0.717, 1.165) is 11.3 Å². The highest BCUT2D eigenvalue weighted by molar-refractivity contribution is 5.58. The number of nitrogen functional groups attached to an aromatic ring is 1. The number of nitriles is 1. The van der Waals surface area contributed by atoms with Gasteiger partial charge >= 0.3 is 0 Å². The quantitative estimate of drug-likeness (QED) is 0.670. The molecule has 0 radical (unpaired) electrons. The fourth-order valence-corrected chi connectivity index (χ4v) is 1.35. The van der Waals surface area contributed by atoms with Gasteiger partial charge in [-0.3, -0.25) is 0 Å². The van der Waals surface area contributed by atoms with Gasteiger partial charge in [0.15, 0.2) is 0 Å². The van der Waals surface area contributed by atoms with Crippen LogP contribution in [0.5, 0.6) is 0 Å². The third-order valence-electron chi connectivity index (χ3n) is 2.29. The van der Waals surface area contributed by atoms with Crippen molar-refractivity contribution in [2.24, 2.45) is 0 Å². The van der Waals surface area contributed by atoms with Gasteiger partial charge in [-0.15, -0.1) is 0 Å². The molecule has 0 bridgehead atoms. The Morgan fingerprint density at radius 1 is 1.50 bits per heavy atom. The maximum Gasteiger partial charge on any atom is 0.0670 e. The van der Waals surface area contributed by atoms with Crippen LogP contribution in [0.25, 0.3) is 0 Å². The molecule has 0 heterocycles. The summed E-state index contributed by atoms with van der Waals surface area (Å²) in [5.41, 5.74) is 7.64. The van der Waals surface area contributed by atoms with Crippen molar-refractivity contribution < 1.29 is 5.11 Å². The van der Waals surface area contributed by atoms with E-state index in [0.29, 0.717) is 12.1 Å². The Bertz CT molecular complexity index is 407. The molecule has 4 N–H and O–H groups in total. The Labute approximate surface area is 95.7 Å². The first-order valence-electron chi connectivity index (χ1n) is 5.13. The number of anilines is 2. The zero-order valence-electron chi connectivity index (χ0n) is 9.62. The van der Waals surface area contributed by atoms with Crippen molar-refractivity contribution in [3.8, 4) is 6.07 Å². The van der Waals surface area contributed by atoms with E-state index in [1.54, 1.807) is 6.07 Å². The molecule has 0 aliphatic heterocycles. The van der Waals surface area contributed by atoms with Gasteiger partial charge in [-0.2, -0.15) is 5.26 Å². The standard InChI is InChI=1S/C12H17N3O/c1-12(2,8-16)15-10-3-4-11(14)9(7-10)5-6-13/h3-4,7,15-16H,5,8,14H2,1-2H3. The van der Waals surface area contributed by atoms with Crippen molar-refractivity contribution in [3.63, 3.8) is 0 Å². The molecule has 0 aromatic heterocycles. The van der Waals surface area contributed by atoms with Gasteiger partial charge in [0, 0.05) is 11.4 Å². The minimum Gasteiger partial charge on any atom is -0.398 e. The zero-order chi connectivity index (χ0) is 12.2. The Morgan fingerprint density at radius 2 is 2.19 bits per heavy atom. The van der Waals surface area contributed by atoms with Gasteiger partial charge in [-0.25, -0.2) is 0 Å². The van der Waals surface area contributed by atoms with E-state index < -0.39 is 0 Å². The summed E-state index contributed by atoms with van der Waals surface area (Å²) < 4.78 is 0. The van der Waals surface area contributed by atoms with Gasteiger partial charge in [-0.05, 0) is 37.6 Å². The highest BCUT2D eigenvalue weighted by Gasteiger charge is 2.15. The van der Waals surface area contributed by atoms with Crippen LogP contribution in [0, 0.1) is 11.3 Å². The average molecular weight is 219 g/mol. The summed E-state index contributed by atoms with van der Waals surface area (Å²) in [6.07, 6.45) is 0.293. The molecule has 0 saturated heterocycles. The SMILES string of the molecule is CC(C)(CO)Nc1ccc(N)c(CC#N)c1. The van der Waals surface area contributed by atoms with E-state index >= 15 is 0 Å². The van der Waals surface area contributed by atoms with Crippen molar-refractivity contribution in [3.05, 3.63) is 23.8 Å². The fourth-order valence-electron chi connectivity index (χ4n) is 1.35. The lowest BCUT2D eigenvalue weighted by molar-refractivity contribution is 0.234. The Hall–Kier alpha value is -1.73. The van der Waals surface area contributed by atoms with Gasteiger partial charge in [0.25, 0.3) is 0 Å². The largest absolute Gasteiger partial charge is 0.398 e. The summed E-state index contributed by atoms with van der Waals surface area (Å²) in [5.74, 6) is 0. The average Bonchev–Trinajstić information content (AvgIpc) is 2.23. The number of hydrogen-bond donors (Lipinski definition) is 3. The van der Waals surface area contributed by atoms with Gasteiger partial charge in [0.1, 0.15) is 0 Å². The topological polar surface area (TPSA) is 82.1 Å². The van der Waals surface area contributed by atoms with Crippen LogP contribution < -0.4 is 11.1 Å². The second-order valence-corrected chi connectivity index (χ2v) is 4.42. The smallest absolute Gasteiger partial charge is 0.0670 e. The van der Waals surface area contributed by atoms with Crippen LogP contribution in [-0.4, -0.2) is 17.3 Å². The van der Waals surface area contributed by atoms with E-state index in [-0.39, 0.29) is 12.1 Å². The van der Waals surface area contributed by atoms with Crippen LogP contribution >= 0.6 is 0 Å². The molecule has 0 spiro atoms. The maximum absolute atomic E-state index is 9.14. The summed E-state index contributed by atoms with van der Waals surface area (Å²) in [5, 5.41) is 21.0. The van der Waals surface area contributed by atoms with Crippen LogP contribution in [0.2, 0.25) is 0 Å². The first-order valence-corrected chi connectivity index (χ1v) is 5.13. The summed E-state index contributed by atoms with van der Waals surface area (Å²) in [6.45, 7) is 3.83. The molecule has 0 amide bonds. The van der Waals surface area contributed by atoms with Crippen LogP contribution in [0.1, 0.15) is 19.4 Å². The lowest BCUT2D eigenvalue weighted by Gasteiger charge is -2.25. The molecular weight excluding hydrogens is 202 g/mol. The van der Waals surface area contributed by atoms with Crippen molar-refractivity contribution in [1.82, 2.24) is 0 Å². The van der Waals surface area contributed by atoms with Crippen molar-refractivity contribution in [2.75, 3.05) is 17.7 Å². The number of benzene rings is 1. The molecule has 1 aromatic carbocycles. The molecule has 4 nitrogen and oxygen atoms in total. The van der Waals surface area contributed by atoms with Crippen LogP contribution in [0.15, 0.2) is 18.2 Å². The van der Waals surface area contributed by atoms with Gasteiger partial charge in [-0.1, -0.05) is 0 Å². The lowest BCUT2D eigenvalue weighted by Crippen LogP contribution is -2.34.